The van der Waals surface area contributed by atoms with E-state index in [1.54, 1.807) is 0 Å². The molecule has 0 bridgehead atoms. The first-order valence-corrected chi connectivity index (χ1v) is 8.48. The minimum Gasteiger partial charge on any atom is -0.394 e. The normalized spacial score (nSPS) is 25.1. The van der Waals surface area contributed by atoms with Gasteiger partial charge in [-0.05, 0) is 5.56 Å². The quantitative estimate of drug-likeness (QED) is 0.404. The maximum absolute atomic E-state index is 10.4. The first-order valence-electron chi connectivity index (χ1n) is 8.48. The summed E-state index contributed by atoms with van der Waals surface area (Å²) in [7, 11) is 0. The number of nitrogens with two attached hydrogens (primary N) is 1. The number of benzene rings is 1. The van der Waals surface area contributed by atoms with Gasteiger partial charge in [0.2, 0.25) is 5.95 Å². The molecule has 0 amide bonds. The molecule has 1 aliphatic rings. The van der Waals surface area contributed by atoms with Crippen molar-refractivity contribution in [2.75, 3.05) is 17.7 Å². The summed E-state index contributed by atoms with van der Waals surface area (Å²) in [6.07, 6.45) is -3.12. The van der Waals surface area contributed by atoms with Gasteiger partial charge in [-0.25, -0.2) is 15.0 Å². The van der Waals surface area contributed by atoms with Crippen LogP contribution in [0.2, 0.25) is 0 Å². The molecule has 3 heterocycles. The number of hydrogen-bond donors (Lipinski definition) is 5. The van der Waals surface area contributed by atoms with Gasteiger partial charge < -0.3 is 31.1 Å². The van der Waals surface area contributed by atoms with Crippen LogP contribution in [0.4, 0.5) is 11.8 Å². The molecular formula is C17H20N6O4. The summed E-state index contributed by atoms with van der Waals surface area (Å²) in [4.78, 5) is 12.6. The summed E-state index contributed by atoms with van der Waals surface area (Å²) in [5, 5.41) is 33.1. The molecule has 27 heavy (non-hydrogen) atoms. The zero-order valence-corrected chi connectivity index (χ0v) is 14.3. The Morgan fingerprint density at radius 2 is 1.93 bits per heavy atom. The van der Waals surface area contributed by atoms with E-state index < -0.39 is 31.1 Å². The summed E-state index contributed by atoms with van der Waals surface area (Å²) in [6.45, 7) is 0.0392. The number of hydrogen-bond acceptors (Lipinski definition) is 9. The minimum atomic E-state index is -1.27. The molecular weight excluding hydrogens is 352 g/mol. The number of aliphatic hydroxyl groups excluding tert-OH is 3. The molecule has 0 spiro atoms. The Morgan fingerprint density at radius 3 is 2.63 bits per heavy atom. The summed E-state index contributed by atoms with van der Waals surface area (Å²) in [5.41, 5.74) is 7.64. The Morgan fingerprint density at radius 1 is 1.15 bits per heavy atom. The topological polar surface area (TPSA) is 152 Å². The molecule has 2 aromatic heterocycles. The Balaban J connectivity index is 1.74. The van der Waals surface area contributed by atoms with E-state index in [0.717, 1.165) is 5.56 Å². The molecule has 10 nitrogen and oxygen atoms in total. The van der Waals surface area contributed by atoms with Crippen LogP contribution in [0.3, 0.4) is 0 Å². The van der Waals surface area contributed by atoms with Crippen LogP contribution in [0, 0.1) is 0 Å². The number of nitrogens with zero attached hydrogens (tertiary/aromatic N) is 4. The lowest BCUT2D eigenvalue weighted by Gasteiger charge is -2.19. The highest BCUT2D eigenvalue weighted by atomic mass is 16.6. The van der Waals surface area contributed by atoms with Gasteiger partial charge in [0, 0.05) is 6.54 Å². The number of aromatic nitrogens is 4. The van der Waals surface area contributed by atoms with E-state index in [4.69, 9.17) is 10.5 Å². The number of fused-ring (bicyclic) bond motifs is 1. The van der Waals surface area contributed by atoms with Crippen LogP contribution in [0.1, 0.15) is 11.8 Å². The second kappa shape index (κ2) is 7.08. The molecule has 0 saturated carbocycles. The smallest absolute Gasteiger partial charge is 0.207 e. The van der Waals surface area contributed by atoms with Gasteiger partial charge in [-0.1, -0.05) is 30.3 Å². The molecule has 0 radical (unpaired) electrons. The van der Waals surface area contributed by atoms with Crippen molar-refractivity contribution in [2.24, 2.45) is 0 Å². The van der Waals surface area contributed by atoms with Crippen LogP contribution in [0.5, 0.6) is 0 Å². The van der Waals surface area contributed by atoms with Crippen molar-refractivity contribution in [1.82, 2.24) is 19.5 Å². The molecule has 142 valence electrons. The molecule has 4 atom stereocenters. The van der Waals surface area contributed by atoms with E-state index in [-0.39, 0.29) is 5.82 Å². The molecule has 0 aliphatic carbocycles. The standard InChI is InChI=1S/C17H20N6O4/c18-14-11-15(21-8-20-14)23(16-13(26)12(25)10(7-24)27-16)17(22-11)19-6-9-4-2-1-3-5-9/h1-5,8,10,12-13,16,24-26H,6-7H2,(H,19,22)(H2,18,20,21)/t10-,12?,13?,16-/m1/s1. The third kappa shape index (κ3) is 3.08. The van der Waals surface area contributed by atoms with Gasteiger partial charge in [0.25, 0.3) is 0 Å². The van der Waals surface area contributed by atoms with Crippen molar-refractivity contribution in [3.05, 3.63) is 42.2 Å². The van der Waals surface area contributed by atoms with Gasteiger partial charge >= 0.3 is 0 Å². The molecule has 6 N–H and O–H groups in total. The van der Waals surface area contributed by atoms with Crippen molar-refractivity contribution in [3.8, 4) is 0 Å². The monoisotopic (exact) mass is 372 g/mol. The predicted octanol–water partition coefficient (Wildman–Crippen LogP) is -0.368. The highest BCUT2D eigenvalue weighted by Crippen LogP contribution is 2.35. The molecule has 4 rings (SSSR count). The number of rotatable bonds is 5. The van der Waals surface area contributed by atoms with Crippen LogP contribution in [-0.4, -0.2) is 59.8 Å². The van der Waals surface area contributed by atoms with Crippen LogP contribution >= 0.6 is 0 Å². The Bertz CT molecular complexity index is 934. The molecule has 3 aromatic rings. The number of nitrogen functional groups attached to an aromatic ring is 1. The Labute approximate surface area is 154 Å². The fraction of sp³-hybridized carbons (Fsp3) is 0.353. The van der Waals surface area contributed by atoms with Crippen LogP contribution < -0.4 is 11.1 Å². The maximum Gasteiger partial charge on any atom is 0.207 e. The van der Waals surface area contributed by atoms with Gasteiger partial charge in [0.15, 0.2) is 23.2 Å². The van der Waals surface area contributed by atoms with Gasteiger partial charge in [0.1, 0.15) is 24.6 Å². The van der Waals surface area contributed by atoms with E-state index in [9.17, 15) is 15.3 Å². The lowest BCUT2D eigenvalue weighted by molar-refractivity contribution is -0.0501. The Kier molecular flexibility index (Phi) is 4.62. The van der Waals surface area contributed by atoms with Crippen molar-refractivity contribution >= 4 is 22.9 Å². The minimum absolute atomic E-state index is 0.188. The zero-order chi connectivity index (χ0) is 19.0. The van der Waals surface area contributed by atoms with E-state index >= 15 is 0 Å². The predicted molar refractivity (Wildman–Crippen MR) is 96.5 cm³/mol. The largest absolute Gasteiger partial charge is 0.394 e. The fourth-order valence-electron chi connectivity index (χ4n) is 3.16. The first-order chi connectivity index (χ1) is 13.1. The number of anilines is 2. The molecule has 10 heteroatoms. The first kappa shape index (κ1) is 17.6. The second-order valence-corrected chi connectivity index (χ2v) is 6.30. The van der Waals surface area contributed by atoms with Crippen molar-refractivity contribution in [1.29, 1.82) is 0 Å². The lowest BCUT2D eigenvalue weighted by atomic mass is 10.1. The molecule has 1 aromatic carbocycles. The third-order valence-electron chi connectivity index (χ3n) is 4.57. The van der Waals surface area contributed by atoms with Crippen molar-refractivity contribution in [3.63, 3.8) is 0 Å². The highest BCUT2D eigenvalue weighted by Gasteiger charge is 2.45. The van der Waals surface area contributed by atoms with Crippen molar-refractivity contribution in [2.45, 2.75) is 31.1 Å². The van der Waals surface area contributed by atoms with Gasteiger partial charge in [-0.15, -0.1) is 0 Å². The third-order valence-corrected chi connectivity index (χ3v) is 4.57. The molecule has 1 aliphatic heterocycles. The van der Waals surface area contributed by atoms with Crippen LogP contribution in [-0.2, 0) is 11.3 Å². The van der Waals surface area contributed by atoms with E-state index in [1.807, 2.05) is 30.3 Å². The Hall–Kier alpha value is -2.79. The molecule has 1 saturated heterocycles. The maximum atomic E-state index is 10.4. The van der Waals surface area contributed by atoms with E-state index in [1.165, 1.54) is 10.9 Å². The highest BCUT2D eigenvalue weighted by molar-refractivity contribution is 5.84. The van der Waals surface area contributed by atoms with Gasteiger partial charge in [-0.2, -0.15) is 0 Å². The summed E-state index contributed by atoms with van der Waals surface area (Å²) in [6, 6.07) is 9.69. The number of ether oxygens (including phenoxy) is 1. The summed E-state index contributed by atoms with van der Waals surface area (Å²) >= 11 is 0. The fourth-order valence-corrected chi connectivity index (χ4v) is 3.16. The SMILES string of the molecule is Nc1ncnc2c1nc(NCc1ccccc1)n2[C@@H]1O[C@H](CO)C(O)C1O. The molecule has 1 fully saturated rings. The van der Waals surface area contributed by atoms with E-state index in [2.05, 4.69) is 20.3 Å². The second-order valence-electron chi connectivity index (χ2n) is 6.30. The number of imidazole rings is 1. The molecule has 2 unspecified atom stereocenters. The number of aliphatic hydroxyl groups is 3. The summed E-state index contributed by atoms with van der Waals surface area (Å²) < 4.78 is 7.18. The number of nitrogens with one attached hydrogen (secondary N) is 1. The van der Waals surface area contributed by atoms with Crippen LogP contribution in [0.25, 0.3) is 11.2 Å². The lowest BCUT2D eigenvalue weighted by Crippen LogP contribution is -2.33. The van der Waals surface area contributed by atoms with E-state index in [0.29, 0.717) is 23.7 Å². The zero-order valence-electron chi connectivity index (χ0n) is 14.3. The average molecular weight is 372 g/mol. The van der Waals surface area contributed by atoms with Gasteiger partial charge in [-0.3, -0.25) is 4.57 Å². The average Bonchev–Trinajstić information content (AvgIpc) is 3.19. The van der Waals surface area contributed by atoms with Crippen molar-refractivity contribution < 1.29 is 20.1 Å². The summed E-state index contributed by atoms with van der Waals surface area (Å²) in [5.74, 6) is 0.546. The van der Waals surface area contributed by atoms with Gasteiger partial charge in [0.05, 0.1) is 6.61 Å². The van der Waals surface area contributed by atoms with Crippen LogP contribution in [0.15, 0.2) is 36.7 Å².